The molecular weight excluding hydrogens is 252 g/mol. The van der Waals surface area contributed by atoms with Crippen LogP contribution in [0.5, 0.6) is 5.75 Å². The summed E-state index contributed by atoms with van der Waals surface area (Å²) in [7, 11) is 0. The Kier molecular flexibility index (Phi) is 6.02. The predicted molar refractivity (Wildman–Crippen MR) is 81.8 cm³/mol. The highest BCUT2D eigenvalue weighted by Gasteiger charge is 2.17. The Morgan fingerprint density at radius 1 is 1.35 bits per heavy atom. The van der Waals surface area contributed by atoms with Crippen molar-refractivity contribution in [1.82, 2.24) is 5.32 Å². The topological polar surface area (TPSA) is 64.3 Å². The highest BCUT2D eigenvalue weighted by molar-refractivity contribution is 5.81. The summed E-state index contributed by atoms with van der Waals surface area (Å²) in [5.74, 6) is 0.635. The highest BCUT2D eigenvalue weighted by Crippen LogP contribution is 2.22. The van der Waals surface area contributed by atoms with Crippen molar-refractivity contribution in [1.29, 1.82) is 0 Å². The zero-order chi connectivity index (χ0) is 15.3. The molecule has 0 heterocycles. The van der Waals surface area contributed by atoms with Crippen LogP contribution in [0.3, 0.4) is 0 Å². The molecule has 1 aromatic rings. The largest absolute Gasteiger partial charge is 0.481 e. The van der Waals surface area contributed by atoms with Crippen LogP contribution in [0.25, 0.3) is 0 Å². The molecule has 1 aromatic carbocycles. The van der Waals surface area contributed by atoms with Gasteiger partial charge < -0.3 is 15.8 Å². The fraction of sp³-hybridized carbons (Fsp3) is 0.562. The molecule has 0 aliphatic rings. The van der Waals surface area contributed by atoms with Crippen molar-refractivity contribution in [3.8, 4) is 5.75 Å². The average molecular weight is 278 g/mol. The lowest BCUT2D eigenvalue weighted by molar-refractivity contribution is -0.127. The molecule has 4 heteroatoms. The van der Waals surface area contributed by atoms with Crippen LogP contribution in [0.4, 0.5) is 0 Å². The Bertz CT molecular complexity index is 458. The minimum absolute atomic E-state index is 0.00567. The number of hydrogen-bond donors (Lipinski definition) is 2. The van der Waals surface area contributed by atoms with E-state index in [4.69, 9.17) is 10.5 Å². The Labute approximate surface area is 121 Å². The molecule has 2 unspecified atom stereocenters. The van der Waals surface area contributed by atoms with Gasteiger partial charge in [-0.2, -0.15) is 0 Å². The number of rotatable bonds is 6. The van der Waals surface area contributed by atoms with Crippen LogP contribution in [-0.2, 0) is 4.79 Å². The molecule has 3 N–H and O–H groups in total. The van der Waals surface area contributed by atoms with Crippen molar-refractivity contribution in [3.05, 3.63) is 29.3 Å². The third-order valence-electron chi connectivity index (χ3n) is 3.40. The SMILES string of the molecule is CCC(C)NC(=O)C(C)Oc1ccc([C@H](C)N)cc1C. The maximum absolute atomic E-state index is 11.9. The third kappa shape index (κ3) is 4.53. The summed E-state index contributed by atoms with van der Waals surface area (Å²) in [4.78, 5) is 11.9. The second kappa shape index (κ2) is 7.29. The minimum Gasteiger partial charge on any atom is -0.481 e. The summed E-state index contributed by atoms with van der Waals surface area (Å²) in [5, 5.41) is 2.91. The monoisotopic (exact) mass is 278 g/mol. The fourth-order valence-electron chi connectivity index (χ4n) is 1.79. The van der Waals surface area contributed by atoms with Crippen LogP contribution >= 0.6 is 0 Å². The molecule has 3 atom stereocenters. The maximum atomic E-state index is 11.9. The van der Waals surface area contributed by atoms with Gasteiger partial charge in [0.2, 0.25) is 0 Å². The van der Waals surface area contributed by atoms with E-state index in [0.717, 1.165) is 23.3 Å². The first kappa shape index (κ1) is 16.5. The molecule has 112 valence electrons. The number of aryl methyl sites for hydroxylation is 1. The first-order chi connectivity index (χ1) is 9.35. The predicted octanol–water partition coefficient (Wildman–Crippen LogP) is 2.70. The van der Waals surface area contributed by atoms with Crippen molar-refractivity contribution in [2.75, 3.05) is 0 Å². The molecule has 4 nitrogen and oxygen atoms in total. The molecule has 1 rings (SSSR count). The molecule has 0 radical (unpaired) electrons. The van der Waals surface area contributed by atoms with Gasteiger partial charge in [-0.3, -0.25) is 4.79 Å². The number of hydrogen-bond acceptors (Lipinski definition) is 3. The van der Waals surface area contributed by atoms with E-state index < -0.39 is 6.10 Å². The van der Waals surface area contributed by atoms with Gasteiger partial charge >= 0.3 is 0 Å². The van der Waals surface area contributed by atoms with Crippen LogP contribution in [-0.4, -0.2) is 18.1 Å². The second-order valence-electron chi connectivity index (χ2n) is 5.39. The zero-order valence-electron chi connectivity index (χ0n) is 13.1. The van der Waals surface area contributed by atoms with Crippen molar-refractivity contribution in [2.24, 2.45) is 5.73 Å². The van der Waals surface area contributed by atoms with Crippen molar-refractivity contribution in [2.45, 2.75) is 59.2 Å². The van der Waals surface area contributed by atoms with Crippen LogP contribution in [0.15, 0.2) is 18.2 Å². The Morgan fingerprint density at radius 2 is 2.00 bits per heavy atom. The van der Waals surface area contributed by atoms with Gasteiger partial charge in [0.1, 0.15) is 5.75 Å². The van der Waals surface area contributed by atoms with E-state index in [2.05, 4.69) is 5.32 Å². The Morgan fingerprint density at radius 3 is 2.50 bits per heavy atom. The van der Waals surface area contributed by atoms with E-state index in [1.165, 1.54) is 0 Å². The average Bonchev–Trinajstić information content (AvgIpc) is 2.40. The van der Waals surface area contributed by atoms with Gasteiger partial charge in [0.25, 0.3) is 5.91 Å². The van der Waals surface area contributed by atoms with Gasteiger partial charge in [-0.05, 0) is 51.3 Å². The lowest BCUT2D eigenvalue weighted by Gasteiger charge is -2.19. The minimum atomic E-state index is -0.510. The van der Waals surface area contributed by atoms with Crippen LogP contribution < -0.4 is 15.8 Å². The van der Waals surface area contributed by atoms with E-state index >= 15 is 0 Å². The molecule has 0 aliphatic carbocycles. The van der Waals surface area contributed by atoms with Crippen molar-refractivity contribution in [3.63, 3.8) is 0 Å². The van der Waals surface area contributed by atoms with Gasteiger partial charge in [-0.1, -0.05) is 19.1 Å². The first-order valence-electron chi connectivity index (χ1n) is 7.18. The molecule has 0 fully saturated rings. The standard InChI is InChI=1S/C16H26N2O2/c1-6-11(3)18-16(19)13(5)20-15-8-7-14(12(4)17)9-10(15)2/h7-9,11-13H,6,17H2,1-5H3,(H,18,19)/t11?,12-,13?/m0/s1. The van der Waals surface area contributed by atoms with Crippen molar-refractivity contribution < 1.29 is 9.53 Å². The first-order valence-corrected chi connectivity index (χ1v) is 7.18. The third-order valence-corrected chi connectivity index (χ3v) is 3.40. The molecule has 0 saturated carbocycles. The Hall–Kier alpha value is -1.55. The quantitative estimate of drug-likeness (QED) is 0.841. The number of carbonyl (C=O) groups excluding carboxylic acids is 1. The smallest absolute Gasteiger partial charge is 0.260 e. The molecule has 0 aromatic heterocycles. The summed E-state index contributed by atoms with van der Waals surface area (Å²) in [6.07, 6.45) is 0.393. The second-order valence-corrected chi connectivity index (χ2v) is 5.39. The zero-order valence-corrected chi connectivity index (χ0v) is 13.1. The summed E-state index contributed by atoms with van der Waals surface area (Å²) in [6, 6.07) is 5.97. The van der Waals surface area contributed by atoms with Crippen molar-refractivity contribution >= 4 is 5.91 Å². The number of benzene rings is 1. The van der Waals surface area contributed by atoms with Gasteiger partial charge in [-0.25, -0.2) is 0 Å². The molecule has 1 amide bonds. The maximum Gasteiger partial charge on any atom is 0.260 e. The summed E-state index contributed by atoms with van der Waals surface area (Å²) < 4.78 is 5.73. The van der Waals surface area contributed by atoms with Gasteiger partial charge in [0.15, 0.2) is 6.10 Å². The number of ether oxygens (including phenoxy) is 1. The van der Waals surface area contributed by atoms with E-state index in [1.807, 2.05) is 45.9 Å². The normalized spacial score (nSPS) is 15.3. The van der Waals surface area contributed by atoms with Crippen LogP contribution in [0.1, 0.15) is 51.3 Å². The van der Waals surface area contributed by atoms with E-state index in [-0.39, 0.29) is 18.0 Å². The van der Waals surface area contributed by atoms with Crippen LogP contribution in [0, 0.1) is 6.92 Å². The molecule has 20 heavy (non-hydrogen) atoms. The molecular formula is C16H26N2O2. The van der Waals surface area contributed by atoms with E-state index in [0.29, 0.717) is 0 Å². The molecule has 0 saturated heterocycles. The van der Waals surface area contributed by atoms with Gasteiger partial charge in [0.05, 0.1) is 0 Å². The van der Waals surface area contributed by atoms with Crippen LogP contribution in [0.2, 0.25) is 0 Å². The molecule has 0 spiro atoms. The number of carbonyl (C=O) groups is 1. The number of nitrogens with two attached hydrogens (primary N) is 1. The van der Waals surface area contributed by atoms with Gasteiger partial charge in [0, 0.05) is 12.1 Å². The molecule has 0 aliphatic heterocycles. The number of amides is 1. The summed E-state index contributed by atoms with van der Waals surface area (Å²) >= 11 is 0. The van der Waals surface area contributed by atoms with Gasteiger partial charge in [-0.15, -0.1) is 0 Å². The lowest BCUT2D eigenvalue weighted by atomic mass is 10.1. The Balaban J connectivity index is 2.71. The lowest BCUT2D eigenvalue weighted by Crippen LogP contribution is -2.41. The van der Waals surface area contributed by atoms with E-state index in [9.17, 15) is 4.79 Å². The molecule has 0 bridgehead atoms. The highest BCUT2D eigenvalue weighted by atomic mass is 16.5. The summed E-state index contributed by atoms with van der Waals surface area (Å²) in [5.41, 5.74) is 7.90. The number of nitrogens with one attached hydrogen (secondary N) is 1. The van der Waals surface area contributed by atoms with E-state index in [1.54, 1.807) is 6.92 Å². The fourth-order valence-corrected chi connectivity index (χ4v) is 1.79. The summed E-state index contributed by atoms with van der Waals surface area (Å²) in [6.45, 7) is 9.68.